The molecule has 0 saturated heterocycles. The molecule has 0 amide bonds. The lowest BCUT2D eigenvalue weighted by molar-refractivity contribution is 0.621. The molecular weight excluding hydrogens is 689 g/mol. The van der Waals surface area contributed by atoms with E-state index in [4.69, 9.17) is 14.4 Å². The average molecular weight is 719 g/mol. The Morgan fingerprint density at radius 1 is 0.554 bits per heavy atom. The van der Waals surface area contributed by atoms with E-state index in [1.165, 1.54) is 43.7 Å². The number of nitrogens with zero attached hydrogens (tertiary/aromatic N) is 5. The summed E-state index contributed by atoms with van der Waals surface area (Å²) in [6, 6.07) is 56.2. The number of pyridine rings is 2. The maximum Gasteiger partial charge on any atom is 0.161 e. The second kappa shape index (κ2) is 11.0. The molecule has 11 aromatic rings. The Morgan fingerprint density at radius 3 is 2.00 bits per heavy atom. The molecule has 0 spiro atoms. The van der Waals surface area contributed by atoms with Crippen LogP contribution in [0.3, 0.4) is 0 Å². The van der Waals surface area contributed by atoms with Gasteiger partial charge in [0.25, 0.3) is 0 Å². The van der Waals surface area contributed by atoms with Crippen LogP contribution >= 0.6 is 0 Å². The normalized spacial score (nSPS) is 14.4. The highest BCUT2D eigenvalue weighted by Gasteiger charge is 2.42. The van der Waals surface area contributed by atoms with Crippen molar-refractivity contribution >= 4 is 71.8 Å². The maximum atomic E-state index is 6.67. The van der Waals surface area contributed by atoms with Crippen LogP contribution in [-0.2, 0) is 0 Å². The van der Waals surface area contributed by atoms with E-state index >= 15 is 0 Å². The van der Waals surface area contributed by atoms with E-state index in [0.29, 0.717) is 0 Å². The Balaban J connectivity index is 0.986. The third kappa shape index (κ3) is 3.95. The number of aromatic nitrogens is 4. The molecule has 7 heteroatoms. The van der Waals surface area contributed by atoms with E-state index in [2.05, 4.69) is 165 Å². The van der Waals surface area contributed by atoms with Gasteiger partial charge in [0.15, 0.2) is 11.3 Å². The fraction of sp³-hybridized carbons (Fsp3) is 0.0204. The number of para-hydroxylation sites is 5. The van der Waals surface area contributed by atoms with E-state index in [0.717, 1.165) is 67.6 Å². The minimum atomic E-state index is -0.140. The van der Waals surface area contributed by atoms with Gasteiger partial charge in [-0.1, -0.05) is 78.9 Å². The Hall–Kier alpha value is -7.64. The van der Waals surface area contributed by atoms with E-state index in [1.54, 1.807) is 0 Å². The zero-order valence-corrected chi connectivity index (χ0v) is 29.9. The highest BCUT2D eigenvalue weighted by atomic mass is 16.3. The summed E-state index contributed by atoms with van der Waals surface area (Å²) in [4.78, 5) is 12.3. The highest BCUT2D eigenvalue weighted by molar-refractivity contribution is 6.13. The van der Waals surface area contributed by atoms with Crippen LogP contribution in [-0.4, -0.2) is 19.1 Å². The van der Waals surface area contributed by atoms with Crippen molar-refractivity contribution < 1.29 is 4.42 Å². The lowest BCUT2D eigenvalue weighted by Gasteiger charge is -2.32. The maximum absolute atomic E-state index is 6.67. The Morgan fingerprint density at radius 2 is 1.21 bits per heavy atom. The Kier molecular flexibility index (Phi) is 5.83. The molecule has 7 nitrogen and oxygen atoms in total. The second-order valence-electron chi connectivity index (χ2n) is 14.7. The number of hydrogen-bond acceptors (Lipinski definition) is 5. The summed E-state index contributed by atoms with van der Waals surface area (Å²) in [5, 5.41) is 8.60. The van der Waals surface area contributed by atoms with Crippen molar-refractivity contribution in [2.24, 2.45) is 0 Å². The molecule has 1 atom stereocenters. The van der Waals surface area contributed by atoms with Gasteiger partial charge < -0.3 is 19.2 Å². The first-order valence-corrected chi connectivity index (χ1v) is 18.9. The van der Waals surface area contributed by atoms with Crippen molar-refractivity contribution in [3.8, 4) is 34.0 Å². The molecule has 0 saturated carbocycles. The fourth-order valence-corrected chi connectivity index (χ4v) is 9.34. The number of anilines is 3. The summed E-state index contributed by atoms with van der Waals surface area (Å²) in [7, 11) is 0. The lowest BCUT2D eigenvalue weighted by Crippen LogP contribution is -2.27. The molecule has 5 aromatic heterocycles. The van der Waals surface area contributed by atoms with Gasteiger partial charge in [-0.2, -0.15) is 0 Å². The SMILES string of the molecule is c1ccc(-n2c3ccccc3c3cc(-c4ccc5c(c4)c4ccccc4n5-c4cc5c(cn4)C4Nc6ccccc6N4c4c-5oc5cccnc45)ccc32)cc1. The molecular formula is C49H30N6O. The number of nitrogens with one attached hydrogen (secondary N) is 1. The van der Waals surface area contributed by atoms with Crippen molar-refractivity contribution in [1.29, 1.82) is 0 Å². The molecule has 1 unspecified atom stereocenters. The van der Waals surface area contributed by atoms with Gasteiger partial charge in [0, 0.05) is 50.8 Å². The molecule has 1 N–H and O–H groups in total. The van der Waals surface area contributed by atoms with Crippen LogP contribution in [0.4, 0.5) is 17.1 Å². The molecule has 262 valence electrons. The van der Waals surface area contributed by atoms with Crippen LogP contribution in [0.1, 0.15) is 11.7 Å². The highest BCUT2D eigenvalue weighted by Crippen LogP contribution is 2.57. The zero-order chi connectivity index (χ0) is 36.5. The first-order chi connectivity index (χ1) is 27.8. The predicted octanol–water partition coefficient (Wildman–Crippen LogP) is 12.3. The molecule has 2 aliphatic heterocycles. The van der Waals surface area contributed by atoms with Crippen molar-refractivity contribution in [2.75, 3.05) is 10.2 Å². The van der Waals surface area contributed by atoms with E-state index in [-0.39, 0.29) is 6.17 Å². The smallest absolute Gasteiger partial charge is 0.161 e. The van der Waals surface area contributed by atoms with Gasteiger partial charge in [0.2, 0.25) is 0 Å². The van der Waals surface area contributed by atoms with Gasteiger partial charge in [-0.3, -0.25) is 9.55 Å². The van der Waals surface area contributed by atoms with Crippen molar-refractivity contribution in [3.05, 3.63) is 176 Å². The molecule has 0 bridgehead atoms. The van der Waals surface area contributed by atoms with Crippen molar-refractivity contribution in [3.63, 3.8) is 0 Å². The van der Waals surface area contributed by atoms with Crippen LogP contribution in [0.5, 0.6) is 0 Å². The van der Waals surface area contributed by atoms with Gasteiger partial charge >= 0.3 is 0 Å². The number of hydrogen-bond donors (Lipinski definition) is 1. The monoisotopic (exact) mass is 718 g/mol. The molecule has 7 heterocycles. The second-order valence-corrected chi connectivity index (χ2v) is 14.7. The molecule has 0 aliphatic carbocycles. The van der Waals surface area contributed by atoms with Gasteiger partial charge in [-0.05, 0) is 90.0 Å². The number of furan rings is 1. The molecule has 13 rings (SSSR count). The molecule has 0 radical (unpaired) electrons. The predicted molar refractivity (Wildman–Crippen MR) is 226 cm³/mol. The molecule has 56 heavy (non-hydrogen) atoms. The first kappa shape index (κ1) is 29.8. The van der Waals surface area contributed by atoms with E-state index in [1.807, 2.05) is 24.5 Å². The summed E-state index contributed by atoms with van der Waals surface area (Å²) in [6.07, 6.45) is 3.71. The number of benzene rings is 6. The molecule has 0 fully saturated rings. The third-order valence-electron chi connectivity index (χ3n) is 11.8. The quantitative estimate of drug-likeness (QED) is 0.197. The minimum Gasteiger partial charge on any atom is -0.452 e. The van der Waals surface area contributed by atoms with E-state index < -0.39 is 0 Å². The van der Waals surface area contributed by atoms with Crippen molar-refractivity contribution in [2.45, 2.75) is 6.17 Å². The number of rotatable bonds is 3. The van der Waals surface area contributed by atoms with Crippen LogP contribution in [0, 0.1) is 0 Å². The van der Waals surface area contributed by atoms with Gasteiger partial charge in [-0.15, -0.1) is 0 Å². The van der Waals surface area contributed by atoms with Gasteiger partial charge in [-0.25, -0.2) is 4.98 Å². The summed E-state index contributed by atoms with van der Waals surface area (Å²) in [6.45, 7) is 0. The van der Waals surface area contributed by atoms with Crippen LogP contribution in [0.2, 0.25) is 0 Å². The van der Waals surface area contributed by atoms with Crippen LogP contribution in [0.15, 0.2) is 175 Å². The summed E-state index contributed by atoms with van der Waals surface area (Å²) in [5.74, 6) is 1.64. The molecule has 6 aromatic carbocycles. The van der Waals surface area contributed by atoms with Crippen LogP contribution in [0.25, 0.3) is 88.7 Å². The largest absolute Gasteiger partial charge is 0.452 e. The summed E-state index contributed by atoms with van der Waals surface area (Å²) in [5.41, 5.74) is 14.9. The topological polar surface area (TPSA) is 64.1 Å². The summed E-state index contributed by atoms with van der Waals surface area (Å²) >= 11 is 0. The third-order valence-corrected chi connectivity index (χ3v) is 11.8. The summed E-state index contributed by atoms with van der Waals surface area (Å²) < 4.78 is 11.3. The van der Waals surface area contributed by atoms with Crippen LogP contribution < -0.4 is 10.2 Å². The standard InChI is InChI=1S/C49H30N6O/c1-2-11-31(12-3-1)53-39-16-7-4-13-32(39)34-25-29(20-22-41(34)53)30-21-23-42-35(26-30)33-14-5-8-17-40(33)54(42)45-27-36-37(28-51-45)49-52-38-15-6-9-18-43(38)55(49)47-46-44(56-48(36)47)19-10-24-50-46/h1-28,49,52H. The fourth-order valence-electron chi connectivity index (χ4n) is 9.34. The van der Waals surface area contributed by atoms with E-state index in [9.17, 15) is 0 Å². The zero-order valence-electron chi connectivity index (χ0n) is 29.9. The number of fused-ring (bicyclic) bond motifs is 16. The molecule has 2 aliphatic rings. The van der Waals surface area contributed by atoms with Gasteiger partial charge in [0.1, 0.15) is 23.2 Å². The van der Waals surface area contributed by atoms with Crippen molar-refractivity contribution in [1.82, 2.24) is 19.1 Å². The lowest BCUT2D eigenvalue weighted by atomic mass is 9.98. The Bertz CT molecular complexity index is 3430. The average Bonchev–Trinajstić information content (AvgIpc) is 4.01. The minimum absolute atomic E-state index is 0.140. The van der Waals surface area contributed by atoms with Gasteiger partial charge in [0.05, 0.1) is 33.4 Å². The Labute approximate surface area is 320 Å². The first-order valence-electron chi connectivity index (χ1n) is 18.9.